The maximum absolute atomic E-state index is 12.5. The second kappa shape index (κ2) is 6.09. The normalized spacial score (nSPS) is 11.6. The molecule has 1 heterocycles. The van der Waals surface area contributed by atoms with Gasteiger partial charge in [0.05, 0.1) is 5.69 Å². The number of halogens is 1. The van der Waals surface area contributed by atoms with Crippen molar-refractivity contribution in [2.75, 3.05) is 4.72 Å². The van der Waals surface area contributed by atoms with Gasteiger partial charge in [-0.05, 0) is 37.6 Å². The van der Waals surface area contributed by atoms with Gasteiger partial charge in [-0.25, -0.2) is 8.42 Å². The zero-order valence-electron chi connectivity index (χ0n) is 11.9. The van der Waals surface area contributed by atoms with Gasteiger partial charge < -0.3 is 10.3 Å². The molecule has 0 aliphatic carbocycles. The topological polar surface area (TPSA) is 77.1 Å². The molecule has 0 fully saturated rings. The predicted molar refractivity (Wildman–Crippen MR) is 85.0 cm³/mol. The van der Waals surface area contributed by atoms with E-state index in [0.29, 0.717) is 29.4 Å². The minimum absolute atomic E-state index is 0.198. The van der Waals surface area contributed by atoms with E-state index in [0.717, 1.165) is 5.69 Å². The lowest BCUT2D eigenvalue weighted by atomic mass is 10.2. The molecule has 0 bridgehead atoms. The van der Waals surface area contributed by atoms with Gasteiger partial charge in [0, 0.05) is 30.0 Å². The number of nitrogens with one attached hydrogen (secondary N) is 1. The van der Waals surface area contributed by atoms with Crippen molar-refractivity contribution in [1.29, 1.82) is 0 Å². The van der Waals surface area contributed by atoms with Crippen molar-refractivity contribution in [2.24, 2.45) is 5.73 Å². The van der Waals surface area contributed by atoms with Gasteiger partial charge in [-0.1, -0.05) is 17.7 Å². The Morgan fingerprint density at radius 1 is 1.38 bits per heavy atom. The summed E-state index contributed by atoms with van der Waals surface area (Å²) >= 11 is 6.01. The van der Waals surface area contributed by atoms with Crippen molar-refractivity contribution in [3.8, 4) is 0 Å². The zero-order chi connectivity index (χ0) is 15.6. The van der Waals surface area contributed by atoms with Crippen molar-refractivity contribution in [2.45, 2.75) is 31.8 Å². The summed E-state index contributed by atoms with van der Waals surface area (Å²) in [5, 5.41) is 0.518. The molecule has 0 spiro atoms. The zero-order valence-corrected chi connectivity index (χ0v) is 13.5. The third kappa shape index (κ3) is 3.23. The van der Waals surface area contributed by atoms with Crippen LogP contribution in [0.5, 0.6) is 0 Å². The molecule has 1 aromatic carbocycles. The molecule has 0 amide bonds. The molecule has 0 saturated carbocycles. The lowest BCUT2D eigenvalue weighted by molar-refractivity contribution is 0.600. The molecule has 7 heteroatoms. The first kappa shape index (κ1) is 15.9. The molecule has 0 saturated heterocycles. The third-order valence-corrected chi connectivity index (χ3v) is 5.07. The number of nitrogens with zero attached hydrogens (tertiary/aromatic N) is 1. The van der Waals surface area contributed by atoms with Crippen LogP contribution in [-0.2, 0) is 23.1 Å². The lowest BCUT2D eigenvalue weighted by Crippen LogP contribution is -2.13. The molecule has 0 atom stereocenters. The highest BCUT2D eigenvalue weighted by Crippen LogP contribution is 2.26. The van der Waals surface area contributed by atoms with E-state index in [1.807, 2.05) is 11.5 Å². The van der Waals surface area contributed by atoms with E-state index >= 15 is 0 Å². The summed E-state index contributed by atoms with van der Waals surface area (Å²) in [5.74, 6) is 0. The average molecular weight is 328 g/mol. The number of nitrogens with two attached hydrogens (primary N) is 1. The van der Waals surface area contributed by atoms with E-state index in [1.54, 1.807) is 37.4 Å². The Bertz CT molecular complexity index is 732. The Labute approximate surface area is 129 Å². The Balaban J connectivity index is 2.38. The molecule has 5 nitrogen and oxygen atoms in total. The van der Waals surface area contributed by atoms with Crippen LogP contribution in [0.25, 0.3) is 0 Å². The van der Waals surface area contributed by atoms with Gasteiger partial charge >= 0.3 is 0 Å². The number of aromatic nitrogens is 1. The summed E-state index contributed by atoms with van der Waals surface area (Å²) in [6.45, 7) is 4.66. The first-order valence-corrected chi connectivity index (χ1v) is 8.42. The van der Waals surface area contributed by atoms with Gasteiger partial charge in [-0.3, -0.25) is 4.72 Å². The Morgan fingerprint density at radius 2 is 2.10 bits per heavy atom. The fourth-order valence-electron chi connectivity index (χ4n) is 2.06. The van der Waals surface area contributed by atoms with Crippen LogP contribution < -0.4 is 10.5 Å². The average Bonchev–Trinajstić information content (AvgIpc) is 2.88. The smallest absolute Gasteiger partial charge is 0.263 e. The molecular weight excluding hydrogens is 310 g/mol. The molecule has 2 aromatic rings. The predicted octanol–water partition coefficient (Wildman–Crippen LogP) is 2.73. The number of benzene rings is 1. The van der Waals surface area contributed by atoms with E-state index in [-0.39, 0.29) is 4.90 Å². The lowest BCUT2D eigenvalue weighted by Gasteiger charge is -2.10. The maximum Gasteiger partial charge on any atom is 0.263 e. The number of hydrogen-bond donors (Lipinski definition) is 2. The van der Waals surface area contributed by atoms with Crippen LogP contribution in [-0.4, -0.2) is 13.0 Å². The molecule has 3 N–H and O–H groups in total. The molecular formula is C14H18ClN3O2S. The summed E-state index contributed by atoms with van der Waals surface area (Å²) in [5.41, 5.74) is 7.57. The van der Waals surface area contributed by atoms with Gasteiger partial charge in [0.2, 0.25) is 0 Å². The first-order valence-electron chi connectivity index (χ1n) is 6.56. The quantitative estimate of drug-likeness (QED) is 0.886. The van der Waals surface area contributed by atoms with Crippen LogP contribution in [0.4, 0.5) is 5.69 Å². The minimum atomic E-state index is -3.66. The third-order valence-electron chi connectivity index (χ3n) is 3.33. The molecule has 114 valence electrons. The van der Waals surface area contributed by atoms with Crippen molar-refractivity contribution in [3.63, 3.8) is 0 Å². The number of anilines is 1. The highest BCUT2D eigenvalue weighted by Gasteiger charge is 2.19. The van der Waals surface area contributed by atoms with E-state index in [4.69, 9.17) is 17.3 Å². The van der Waals surface area contributed by atoms with Crippen LogP contribution in [0.1, 0.15) is 18.2 Å². The van der Waals surface area contributed by atoms with Crippen molar-refractivity contribution in [3.05, 3.63) is 46.7 Å². The van der Waals surface area contributed by atoms with Gasteiger partial charge in [0.25, 0.3) is 10.0 Å². The van der Waals surface area contributed by atoms with Crippen LogP contribution in [0.2, 0.25) is 5.02 Å². The SMILES string of the molecule is CCn1cc(S(=O)(=O)Nc2cccc(Cl)c2C)cc1CN. The minimum Gasteiger partial charge on any atom is -0.349 e. The standard InChI is InChI=1S/C14H18ClN3O2S/c1-3-18-9-12(7-11(18)8-16)21(19,20)17-14-6-4-5-13(15)10(14)2/h4-7,9,17H,3,8,16H2,1-2H3. The number of aryl methyl sites for hydroxylation is 1. The summed E-state index contributed by atoms with van der Waals surface area (Å²) in [6, 6.07) is 6.69. The van der Waals surface area contributed by atoms with E-state index in [2.05, 4.69) is 4.72 Å². The second-order valence-corrected chi connectivity index (χ2v) is 6.76. The van der Waals surface area contributed by atoms with Crippen LogP contribution in [0, 0.1) is 6.92 Å². The van der Waals surface area contributed by atoms with E-state index in [1.165, 1.54) is 0 Å². The molecule has 21 heavy (non-hydrogen) atoms. The second-order valence-electron chi connectivity index (χ2n) is 4.68. The molecule has 0 unspecified atom stereocenters. The highest BCUT2D eigenvalue weighted by atomic mass is 35.5. The fourth-order valence-corrected chi connectivity index (χ4v) is 3.42. The van der Waals surface area contributed by atoms with Crippen LogP contribution in [0.15, 0.2) is 35.4 Å². The van der Waals surface area contributed by atoms with E-state index < -0.39 is 10.0 Å². The van der Waals surface area contributed by atoms with Gasteiger partial charge in [-0.15, -0.1) is 0 Å². The molecule has 0 radical (unpaired) electrons. The highest BCUT2D eigenvalue weighted by molar-refractivity contribution is 7.92. The van der Waals surface area contributed by atoms with Crippen LogP contribution >= 0.6 is 11.6 Å². The van der Waals surface area contributed by atoms with Gasteiger partial charge in [-0.2, -0.15) is 0 Å². The Kier molecular flexibility index (Phi) is 4.61. The molecule has 2 rings (SSSR count). The molecule has 0 aliphatic heterocycles. The molecule has 0 aliphatic rings. The van der Waals surface area contributed by atoms with Crippen LogP contribution in [0.3, 0.4) is 0 Å². The first-order chi connectivity index (χ1) is 9.89. The Hall–Kier alpha value is -1.50. The fraction of sp³-hybridized carbons (Fsp3) is 0.286. The summed E-state index contributed by atoms with van der Waals surface area (Å²) in [7, 11) is -3.66. The van der Waals surface area contributed by atoms with Crippen molar-refractivity contribution < 1.29 is 8.42 Å². The summed E-state index contributed by atoms with van der Waals surface area (Å²) in [4.78, 5) is 0.198. The van der Waals surface area contributed by atoms with Gasteiger partial charge in [0.15, 0.2) is 0 Å². The maximum atomic E-state index is 12.5. The number of sulfonamides is 1. The van der Waals surface area contributed by atoms with Crippen molar-refractivity contribution in [1.82, 2.24) is 4.57 Å². The number of hydrogen-bond acceptors (Lipinski definition) is 3. The van der Waals surface area contributed by atoms with E-state index in [9.17, 15) is 8.42 Å². The summed E-state index contributed by atoms with van der Waals surface area (Å²) in [6.07, 6.45) is 1.59. The number of rotatable bonds is 5. The monoisotopic (exact) mass is 327 g/mol. The largest absolute Gasteiger partial charge is 0.349 e. The Morgan fingerprint density at radius 3 is 2.67 bits per heavy atom. The molecule has 1 aromatic heterocycles. The van der Waals surface area contributed by atoms with Crippen molar-refractivity contribution >= 4 is 27.3 Å². The summed E-state index contributed by atoms with van der Waals surface area (Å²) < 4.78 is 29.3. The van der Waals surface area contributed by atoms with Gasteiger partial charge in [0.1, 0.15) is 4.90 Å².